The highest BCUT2D eigenvalue weighted by Gasteiger charge is 2.21. The molecule has 0 unspecified atom stereocenters. The Morgan fingerprint density at radius 3 is 2.35 bits per heavy atom. The predicted molar refractivity (Wildman–Crippen MR) is 167 cm³/mol. The number of rotatable bonds is 3. The van der Waals surface area contributed by atoms with Crippen LogP contribution in [-0.4, -0.2) is 14.5 Å². The number of fused-ring (bicyclic) bond motifs is 5. The second kappa shape index (κ2) is 9.03. The van der Waals surface area contributed by atoms with Crippen LogP contribution in [0.4, 0.5) is 0 Å². The van der Waals surface area contributed by atoms with Crippen molar-refractivity contribution >= 4 is 38.8 Å². The van der Waals surface area contributed by atoms with Gasteiger partial charge in [-0.15, -0.1) is 0 Å². The average molecular weight is 514 g/mol. The molecule has 0 saturated carbocycles. The molecule has 0 N–H and O–H groups in total. The van der Waals surface area contributed by atoms with E-state index < -0.39 is 0 Å². The van der Waals surface area contributed by atoms with Crippen LogP contribution in [0.1, 0.15) is 30.5 Å². The van der Waals surface area contributed by atoms with E-state index in [1.54, 1.807) is 0 Å². The van der Waals surface area contributed by atoms with Gasteiger partial charge in [0.2, 0.25) is 0 Å². The minimum atomic E-state index is 0.412. The molecule has 0 amide bonds. The van der Waals surface area contributed by atoms with E-state index in [4.69, 9.17) is 4.98 Å². The Kier molecular flexibility index (Phi) is 5.17. The Labute approximate surface area is 233 Å². The van der Waals surface area contributed by atoms with Crippen LogP contribution in [0.5, 0.6) is 0 Å². The van der Waals surface area contributed by atoms with Gasteiger partial charge in [-0.3, -0.25) is 9.97 Å². The average Bonchev–Trinajstić information content (AvgIpc) is 3.35. The summed E-state index contributed by atoms with van der Waals surface area (Å²) in [6, 6.07) is 37.0. The van der Waals surface area contributed by atoms with Gasteiger partial charge in [0.15, 0.2) is 0 Å². The fourth-order valence-electron chi connectivity index (χ4n) is 6.33. The fourth-order valence-corrected chi connectivity index (χ4v) is 6.33. The van der Waals surface area contributed by atoms with Crippen molar-refractivity contribution in [2.75, 3.05) is 0 Å². The molecule has 0 bridgehead atoms. The zero-order valence-corrected chi connectivity index (χ0v) is 22.3. The van der Waals surface area contributed by atoms with E-state index in [1.165, 1.54) is 49.8 Å². The predicted octanol–water partition coefficient (Wildman–Crippen LogP) is 9.58. The molecule has 3 heterocycles. The third kappa shape index (κ3) is 3.51. The van der Waals surface area contributed by atoms with Crippen molar-refractivity contribution in [1.29, 1.82) is 0 Å². The molecule has 40 heavy (non-hydrogen) atoms. The second-order valence-corrected chi connectivity index (χ2v) is 10.7. The van der Waals surface area contributed by atoms with Gasteiger partial charge in [-0.2, -0.15) is 0 Å². The molecule has 7 aromatic rings. The molecule has 0 spiro atoms. The molecule has 3 heteroatoms. The molecule has 0 radical (unpaired) electrons. The van der Waals surface area contributed by atoms with Crippen molar-refractivity contribution in [3.05, 3.63) is 133 Å². The molecule has 0 fully saturated rings. The molecule has 8 rings (SSSR count). The summed E-state index contributed by atoms with van der Waals surface area (Å²) in [5.41, 5.74) is 11.9. The van der Waals surface area contributed by atoms with Crippen LogP contribution in [0.25, 0.3) is 66.7 Å². The smallest absolute Gasteiger partial charge is 0.0712 e. The summed E-state index contributed by atoms with van der Waals surface area (Å²) >= 11 is 0. The third-order valence-corrected chi connectivity index (χ3v) is 8.29. The normalized spacial score (nSPS) is 14.7. The van der Waals surface area contributed by atoms with Gasteiger partial charge in [0.05, 0.1) is 22.2 Å². The summed E-state index contributed by atoms with van der Waals surface area (Å²) in [6.07, 6.45) is 9.46. The zero-order valence-electron chi connectivity index (χ0n) is 22.3. The number of allylic oxidation sites excluding steroid dienone is 1. The Bertz CT molecular complexity index is 2080. The molecule has 1 aliphatic rings. The molecule has 3 aromatic heterocycles. The van der Waals surface area contributed by atoms with E-state index >= 15 is 0 Å². The van der Waals surface area contributed by atoms with Crippen molar-refractivity contribution in [1.82, 2.24) is 14.5 Å². The van der Waals surface area contributed by atoms with Gasteiger partial charge < -0.3 is 4.57 Å². The first kappa shape index (κ1) is 22.9. The van der Waals surface area contributed by atoms with Crippen molar-refractivity contribution in [3.8, 4) is 27.9 Å². The molecule has 4 aromatic carbocycles. The lowest BCUT2D eigenvalue weighted by molar-refractivity contribution is 0.745. The highest BCUT2D eigenvalue weighted by molar-refractivity contribution is 6.10. The van der Waals surface area contributed by atoms with Gasteiger partial charge >= 0.3 is 0 Å². The summed E-state index contributed by atoms with van der Waals surface area (Å²) in [7, 11) is 0. The zero-order chi connectivity index (χ0) is 26.6. The first-order chi connectivity index (χ1) is 19.8. The van der Waals surface area contributed by atoms with Crippen molar-refractivity contribution < 1.29 is 0 Å². The Hall–Kier alpha value is -5.02. The Balaban J connectivity index is 1.31. The van der Waals surface area contributed by atoms with E-state index in [2.05, 4.69) is 132 Å². The number of hydrogen-bond acceptors (Lipinski definition) is 2. The third-order valence-electron chi connectivity index (χ3n) is 8.29. The lowest BCUT2D eigenvalue weighted by atomic mass is 9.86. The van der Waals surface area contributed by atoms with Crippen molar-refractivity contribution in [2.45, 2.75) is 19.3 Å². The van der Waals surface area contributed by atoms with Crippen molar-refractivity contribution in [3.63, 3.8) is 0 Å². The standard InChI is InChI=1S/C37H27N3/c1-24-8-7-12-30-36(29-11-5-6-13-33(29)39-37(24)30)26-14-17-28(18-15-26)40-34-19-16-27(25-9-3-2-4-10-25)22-31(34)32-23-38-21-20-35(32)40/h2-7,9-24H,8H2,1H3/t24-/m0/s1. The summed E-state index contributed by atoms with van der Waals surface area (Å²) in [5.74, 6) is 0.412. The Morgan fingerprint density at radius 2 is 1.48 bits per heavy atom. The van der Waals surface area contributed by atoms with Crippen LogP contribution in [0.2, 0.25) is 0 Å². The molecule has 0 saturated heterocycles. The molecular formula is C37H27N3. The molecular weight excluding hydrogens is 486 g/mol. The summed E-state index contributed by atoms with van der Waals surface area (Å²) in [4.78, 5) is 9.55. The monoisotopic (exact) mass is 513 g/mol. The van der Waals surface area contributed by atoms with Gasteiger partial charge in [-0.25, -0.2) is 0 Å². The minimum Gasteiger partial charge on any atom is -0.309 e. The van der Waals surface area contributed by atoms with Gasteiger partial charge in [-0.05, 0) is 59.5 Å². The van der Waals surface area contributed by atoms with E-state index in [0.717, 1.165) is 28.5 Å². The van der Waals surface area contributed by atoms with Gasteiger partial charge in [-0.1, -0.05) is 85.8 Å². The van der Waals surface area contributed by atoms with Crippen LogP contribution in [0.15, 0.2) is 122 Å². The second-order valence-electron chi connectivity index (χ2n) is 10.7. The first-order valence-electron chi connectivity index (χ1n) is 13.9. The number of benzene rings is 4. The van der Waals surface area contributed by atoms with Gasteiger partial charge in [0, 0.05) is 51.3 Å². The largest absolute Gasteiger partial charge is 0.309 e. The van der Waals surface area contributed by atoms with E-state index in [1.807, 2.05) is 12.4 Å². The number of hydrogen-bond donors (Lipinski definition) is 0. The first-order valence-corrected chi connectivity index (χ1v) is 13.9. The summed E-state index contributed by atoms with van der Waals surface area (Å²) < 4.78 is 2.35. The minimum absolute atomic E-state index is 0.412. The highest BCUT2D eigenvalue weighted by atomic mass is 15.0. The van der Waals surface area contributed by atoms with Gasteiger partial charge in [0.25, 0.3) is 0 Å². The number of nitrogens with zero attached hydrogens (tertiary/aromatic N) is 3. The molecule has 1 aliphatic carbocycles. The van der Waals surface area contributed by atoms with E-state index in [9.17, 15) is 0 Å². The van der Waals surface area contributed by atoms with Crippen LogP contribution in [-0.2, 0) is 0 Å². The van der Waals surface area contributed by atoms with Crippen LogP contribution in [0, 0.1) is 0 Å². The van der Waals surface area contributed by atoms with Crippen LogP contribution >= 0.6 is 0 Å². The Morgan fingerprint density at radius 1 is 0.700 bits per heavy atom. The maximum absolute atomic E-state index is 5.08. The fraction of sp³-hybridized carbons (Fsp3) is 0.0811. The summed E-state index contributed by atoms with van der Waals surface area (Å²) in [5, 5.41) is 3.57. The SMILES string of the molecule is C[C@H]1CC=Cc2c1nc1ccccc1c2-c1ccc(-n2c3ccncc3c3cc(-c4ccccc4)ccc32)cc1. The number of para-hydroxylation sites is 1. The topological polar surface area (TPSA) is 30.7 Å². The highest BCUT2D eigenvalue weighted by Crippen LogP contribution is 2.40. The van der Waals surface area contributed by atoms with Crippen LogP contribution < -0.4 is 0 Å². The van der Waals surface area contributed by atoms with Crippen molar-refractivity contribution in [2.24, 2.45) is 0 Å². The maximum Gasteiger partial charge on any atom is 0.0712 e. The quantitative estimate of drug-likeness (QED) is 0.235. The van der Waals surface area contributed by atoms with Crippen LogP contribution in [0.3, 0.4) is 0 Å². The molecule has 0 aliphatic heterocycles. The van der Waals surface area contributed by atoms with E-state index in [-0.39, 0.29) is 0 Å². The molecule has 3 nitrogen and oxygen atoms in total. The van der Waals surface area contributed by atoms with E-state index in [0.29, 0.717) is 5.92 Å². The summed E-state index contributed by atoms with van der Waals surface area (Å²) in [6.45, 7) is 2.28. The number of aromatic nitrogens is 3. The molecule has 1 atom stereocenters. The lowest BCUT2D eigenvalue weighted by Crippen LogP contribution is -2.06. The number of pyridine rings is 2. The van der Waals surface area contributed by atoms with Gasteiger partial charge in [0.1, 0.15) is 0 Å². The lowest BCUT2D eigenvalue weighted by Gasteiger charge is -2.22. The molecule has 190 valence electrons. The maximum atomic E-state index is 5.08.